The first-order valence-corrected chi connectivity index (χ1v) is 7.03. The molecule has 0 bridgehead atoms. The van der Waals surface area contributed by atoms with Gasteiger partial charge in [-0.15, -0.1) is 0 Å². The summed E-state index contributed by atoms with van der Waals surface area (Å²) in [6.45, 7) is 2.33. The highest BCUT2D eigenvalue weighted by molar-refractivity contribution is 9.10. The van der Waals surface area contributed by atoms with Crippen molar-refractivity contribution in [3.05, 3.63) is 46.7 Å². The Morgan fingerprint density at radius 3 is 2.90 bits per heavy atom. The molecule has 0 saturated carbocycles. The third-order valence-electron chi connectivity index (χ3n) is 2.68. The lowest BCUT2D eigenvalue weighted by Crippen LogP contribution is -2.33. The van der Waals surface area contributed by atoms with E-state index in [1.165, 1.54) is 6.20 Å². The molecule has 0 fully saturated rings. The van der Waals surface area contributed by atoms with Crippen molar-refractivity contribution < 1.29 is 9.53 Å². The minimum Gasteiger partial charge on any atom is -0.488 e. The van der Waals surface area contributed by atoms with Crippen LogP contribution in [0.5, 0.6) is 5.75 Å². The van der Waals surface area contributed by atoms with Crippen molar-refractivity contribution in [2.75, 3.05) is 6.54 Å². The molecule has 0 aliphatic rings. The topological polar surface area (TPSA) is 56.2 Å². The minimum absolute atomic E-state index is 0.130. The fourth-order valence-electron chi connectivity index (χ4n) is 1.68. The highest BCUT2D eigenvalue weighted by Crippen LogP contribution is 2.24. The average molecular weight is 338 g/mol. The number of aromatic nitrogens is 2. The van der Waals surface area contributed by atoms with Crippen LogP contribution >= 0.6 is 15.9 Å². The molecule has 2 rings (SSSR count). The number of halogens is 1. The van der Waals surface area contributed by atoms with Crippen molar-refractivity contribution in [2.45, 2.75) is 13.0 Å². The summed E-state index contributed by atoms with van der Waals surface area (Å²) < 4.78 is 8.24. The Labute approximate surface area is 126 Å². The van der Waals surface area contributed by atoms with Crippen LogP contribution in [-0.4, -0.2) is 28.3 Å². The Kier molecular flexibility index (Phi) is 4.79. The lowest BCUT2D eigenvalue weighted by molar-refractivity contribution is 0.0932. The number of ether oxygens (including phenoxy) is 1. The van der Waals surface area contributed by atoms with Crippen LogP contribution in [0.25, 0.3) is 0 Å². The normalized spacial score (nSPS) is 11.9. The maximum absolute atomic E-state index is 11.9. The van der Waals surface area contributed by atoms with Gasteiger partial charge in [-0.25, -0.2) is 0 Å². The van der Waals surface area contributed by atoms with Gasteiger partial charge in [0.25, 0.3) is 5.91 Å². The van der Waals surface area contributed by atoms with E-state index in [1.807, 2.05) is 31.2 Å². The zero-order valence-electron chi connectivity index (χ0n) is 11.3. The number of benzene rings is 1. The van der Waals surface area contributed by atoms with Crippen molar-refractivity contribution in [1.29, 1.82) is 0 Å². The first-order valence-electron chi connectivity index (χ1n) is 6.24. The molecule has 1 heterocycles. The van der Waals surface area contributed by atoms with Gasteiger partial charge in [-0.3, -0.25) is 9.48 Å². The van der Waals surface area contributed by atoms with Gasteiger partial charge in [0, 0.05) is 13.2 Å². The van der Waals surface area contributed by atoms with E-state index in [9.17, 15) is 4.79 Å². The summed E-state index contributed by atoms with van der Waals surface area (Å²) in [7, 11) is 1.77. The standard InChI is InChI=1S/C14H16BrN3O2/c1-10(20-13-6-4-3-5-12(13)15)7-16-14(19)11-8-17-18(2)9-11/h3-6,8-10H,7H2,1-2H3,(H,16,19). The molecular weight excluding hydrogens is 322 g/mol. The Morgan fingerprint density at radius 2 is 2.25 bits per heavy atom. The highest BCUT2D eigenvalue weighted by Gasteiger charge is 2.11. The van der Waals surface area contributed by atoms with E-state index in [1.54, 1.807) is 17.9 Å². The number of nitrogens with zero attached hydrogens (tertiary/aromatic N) is 2. The summed E-state index contributed by atoms with van der Waals surface area (Å²) in [5.74, 6) is 0.608. The van der Waals surface area contributed by atoms with Crippen LogP contribution in [0.4, 0.5) is 0 Å². The second kappa shape index (κ2) is 6.56. The van der Waals surface area contributed by atoms with Gasteiger partial charge in [-0.1, -0.05) is 12.1 Å². The molecule has 2 aromatic rings. The van der Waals surface area contributed by atoms with Crippen LogP contribution in [0.15, 0.2) is 41.1 Å². The molecule has 1 amide bonds. The second-order valence-electron chi connectivity index (χ2n) is 4.47. The number of aryl methyl sites for hydroxylation is 1. The van der Waals surface area contributed by atoms with Crippen LogP contribution in [0.2, 0.25) is 0 Å². The van der Waals surface area contributed by atoms with Crippen LogP contribution < -0.4 is 10.1 Å². The first kappa shape index (κ1) is 14.6. The molecule has 1 N–H and O–H groups in total. The quantitative estimate of drug-likeness (QED) is 0.911. The van der Waals surface area contributed by atoms with Crippen LogP contribution in [-0.2, 0) is 7.05 Å². The molecule has 20 heavy (non-hydrogen) atoms. The van der Waals surface area contributed by atoms with Gasteiger partial charge in [0.1, 0.15) is 11.9 Å². The van der Waals surface area contributed by atoms with E-state index in [0.717, 1.165) is 10.2 Å². The fraction of sp³-hybridized carbons (Fsp3) is 0.286. The molecule has 0 aliphatic heterocycles. The average Bonchev–Trinajstić information content (AvgIpc) is 2.85. The van der Waals surface area contributed by atoms with E-state index in [-0.39, 0.29) is 12.0 Å². The predicted octanol–water partition coefficient (Wildman–Crippen LogP) is 2.38. The monoisotopic (exact) mass is 337 g/mol. The van der Waals surface area contributed by atoms with Crippen LogP contribution in [0.1, 0.15) is 17.3 Å². The molecule has 0 aliphatic carbocycles. The van der Waals surface area contributed by atoms with Crippen LogP contribution in [0, 0.1) is 0 Å². The van der Waals surface area contributed by atoms with Crippen molar-refractivity contribution in [1.82, 2.24) is 15.1 Å². The van der Waals surface area contributed by atoms with Crippen molar-refractivity contribution in [2.24, 2.45) is 7.05 Å². The maximum Gasteiger partial charge on any atom is 0.254 e. The number of nitrogens with one attached hydrogen (secondary N) is 1. The Balaban J connectivity index is 1.85. The molecule has 0 spiro atoms. The Morgan fingerprint density at radius 1 is 1.50 bits per heavy atom. The van der Waals surface area contributed by atoms with Gasteiger partial charge in [0.15, 0.2) is 0 Å². The predicted molar refractivity (Wildman–Crippen MR) is 79.8 cm³/mol. The number of carbonyl (C=O) groups excluding carboxylic acids is 1. The molecule has 1 aromatic carbocycles. The van der Waals surface area contributed by atoms with Gasteiger partial charge in [0.2, 0.25) is 0 Å². The smallest absolute Gasteiger partial charge is 0.254 e. The maximum atomic E-state index is 11.9. The third-order valence-corrected chi connectivity index (χ3v) is 3.34. The number of amides is 1. The van der Waals surface area contributed by atoms with E-state index in [4.69, 9.17) is 4.74 Å². The molecule has 0 saturated heterocycles. The number of hydrogen-bond donors (Lipinski definition) is 1. The van der Waals surface area contributed by atoms with Gasteiger partial charge >= 0.3 is 0 Å². The Hall–Kier alpha value is -1.82. The molecule has 106 valence electrons. The van der Waals surface area contributed by atoms with Crippen molar-refractivity contribution in [3.63, 3.8) is 0 Å². The van der Waals surface area contributed by atoms with Crippen molar-refractivity contribution >= 4 is 21.8 Å². The van der Waals surface area contributed by atoms with E-state index < -0.39 is 0 Å². The zero-order valence-corrected chi connectivity index (χ0v) is 12.9. The minimum atomic E-state index is -0.152. The van der Waals surface area contributed by atoms with Crippen molar-refractivity contribution in [3.8, 4) is 5.75 Å². The number of hydrogen-bond acceptors (Lipinski definition) is 3. The van der Waals surface area contributed by atoms with E-state index in [0.29, 0.717) is 12.1 Å². The van der Waals surface area contributed by atoms with E-state index in [2.05, 4.69) is 26.3 Å². The van der Waals surface area contributed by atoms with Gasteiger partial charge in [0.05, 0.1) is 22.8 Å². The van der Waals surface area contributed by atoms with Gasteiger partial charge in [-0.05, 0) is 35.0 Å². The van der Waals surface area contributed by atoms with Crippen LogP contribution in [0.3, 0.4) is 0 Å². The summed E-state index contributed by atoms with van der Waals surface area (Å²) in [6.07, 6.45) is 3.08. The highest BCUT2D eigenvalue weighted by atomic mass is 79.9. The zero-order chi connectivity index (χ0) is 14.5. The van der Waals surface area contributed by atoms with Gasteiger partial charge < -0.3 is 10.1 Å². The molecule has 1 unspecified atom stereocenters. The molecule has 5 nitrogen and oxygen atoms in total. The molecule has 6 heteroatoms. The number of carbonyl (C=O) groups is 1. The summed E-state index contributed by atoms with van der Waals surface area (Å²) >= 11 is 3.42. The molecular formula is C14H16BrN3O2. The second-order valence-corrected chi connectivity index (χ2v) is 5.33. The molecule has 1 aromatic heterocycles. The molecule has 0 radical (unpaired) electrons. The first-order chi connectivity index (χ1) is 9.56. The van der Waals surface area contributed by atoms with Gasteiger partial charge in [-0.2, -0.15) is 5.10 Å². The third kappa shape index (κ3) is 3.84. The summed E-state index contributed by atoms with van der Waals surface area (Å²) in [5.41, 5.74) is 0.542. The molecule has 1 atom stereocenters. The fourth-order valence-corrected chi connectivity index (χ4v) is 2.05. The SMILES string of the molecule is CC(CNC(=O)c1cnn(C)c1)Oc1ccccc1Br. The number of rotatable bonds is 5. The summed E-state index contributed by atoms with van der Waals surface area (Å²) in [6, 6.07) is 7.62. The van der Waals surface area contributed by atoms with E-state index >= 15 is 0 Å². The lowest BCUT2D eigenvalue weighted by atomic mass is 10.3. The Bertz CT molecular complexity index is 598. The number of para-hydroxylation sites is 1. The lowest BCUT2D eigenvalue weighted by Gasteiger charge is -2.16. The summed E-state index contributed by atoms with van der Waals surface area (Å²) in [5, 5.41) is 6.78. The summed E-state index contributed by atoms with van der Waals surface area (Å²) in [4.78, 5) is 11.9. The largest absolute Gasteiger partial charge is 0.488 e.